The maximum atomic E-state index is 11.9. The SMILES string of the molecule is CC(C)(C)OC(=O)N1CCC(NCCCF)C1. The van der Waals surface area contributed by atoms with Gasteiger partial charge in [0.15, 0.2) is 0 Å². The fourth-order valence-corrected chi connectivity index (χ4v) is 1.79. The minimum absolute atomic E-state index is 0.257. The van der Waals surface area contributed by atoms with E-state index in [4.69, 9.17) is 4.74 Å². The molecule has 0 radical (unpaired) electrons. The van der Waals surface area contributed by atoms with E-state index in [0.29, 0.717) is 26.1 Å². The molecule has 0 saturated carbocycles. The normalized spacial score (nSPS) is 20.7. The Morgan fingerprint density at radius 1 is 1.53 bits per heavy atom. The first-order chi connectivity index (χ1) is 7.92. The Morgan fingerprint density at radius 3 is 2.82 bits per heavy atom. The molecule has 1 amide bonds. The van der Waals surface area contributed by atoms with Crippen LogP contribution >= 0.6 is 0 Å². The molecular weight excluding hydrogens is 223 g/mol. The van der Waals surface area contributed by atoms with E-state index < -0.39 is 5.60 Å². The van der Waals surface area contributed by atoms with Gasteiger partial charge in [0.05, 0.1) is 6.67 Å². The van der Waals surface area contributed by atoms with Gasteiger partial charge in [0.1, 0.15) is 5.60 Å². The molecule has 0 spiro atoms. The average molecular weight is 246 g/mol. The molecule has 1 unspecified atom stereocenters. The van der Waals surface area contributed by atoms with Crippen molar-refractivity contribution in [1.29, 1.82) is 0 Å². The lowest BCUT2D eigenvalue weighted by molar-refractivity contribution is 0.0291. The fourth-order valence-electron chi connectivity index (χ4n) is 1.79. The highest BCUT2D eigenvalue weighted by Crippen LogP contribution is 2.15. The summed E-state index contributed by atoms with van der Waals surface area (Å²) in [7, 11) is 0. The molecule has 0 aromatic heterocycles. The van der Waals surface area contributed by atoms with Crippen molar-refractivity contribution >= 4 is 6.09 Å². The number of alkyl halides is 1. The minimum atomic E-state index is -0.448. The molecule has 5 heteroatoms. The van der Waals surface area contributed by atoms with Crippen molar-refractivity contribution in [3.8, 4) is 0 Å². The Balaban J connectivity index is 2.27. The van der Waals surface area contributed by atoms with Crippen molar-refractivity contribution < 1.29 is 13.9 Å². The molecule has 0 aromatic carbocycles. The summed E-state index contributed by atoms with van der Waals surface area (Å²) < 4.78 is 17.2. The Bertz CT molecular complexity index is 253. The summed E-state index contributed by atoms with van der Waals surface area (Å²) in [4.78, 5) is 13.5. The highest BCUT2D eigenvalue weighted by Gasteiger charge is 2.29. The van der Waals surface area contributed by atoms with Crippen LogP contribution in [0, 0.1) is 0 Å². The Kier molecular flexibility index (Phi) is 5.18. The van der Waals surface area contributed by atoms with E-state index in [9.17, 15) is 9.18 Å². The molecule has 0 aliphatic carbocycles. The van der Waals surface area contributed by atoms with E-state index >= 15 is 0 Å². The smallest absolute Gasteiger partial charge is 0.410 e. The maximum Gasteiger partial charge on any atom is 0.410 e. The Labute approximate surface area is 102 Å². The van der Waals surface area contributed by atoms with Crippen LogP contribution in [0.25, 0.3) is 0 Å². The van der Waals surface area contributed by atoms with E-state index in [2.05, 4.69) is 5.32 Å². The lowest BCUT2D eigenvalue weighted by atomic mass is 10.2. The van der Waals surface area contributed by atoms with Gasteiger partial charge in [-0.25, -0.2) is 4.79 Å². The number of amides is 1. The number of hydrogen-bond acceptors (Lipinski definition) is 3. The molecule has 1 aliphatic heterocycles. The van der Waals surface area contributed by atoms with E-state index in [1.807, 2.05) is 20.8 Å². The van der Waals surface area contributed by atoms with Crippen LogP contribution < -0.4 is 5.32 Å². The molecule has 1 saturated heterocycles. The molecule has 0 bridgehead atoms. The molecule has 1 fully saturated rings. The Hall–Kier alpha value is -0.840. The predicted octanol–water partition coefficient (Wildman–Crippen LogP) is 1.95. The summed E-state index contributed by atoms with van der Waals surface area (Å²) in [5.74, 6) is 0. The first kappa shape index (κ1) is 14.2. The van der Waals surface area contributed by atoms with Gasteiger partial charge < -0.3 is 15.0 Å². The van der Waals surface area contributed by atoms with Crippen molar-refractivity contribution in [2.75, 3.05) is 26.3 Å². The second kappa shape index (κ2) is 6.19. The summed E-state index contributed by atoms with van der Waals surface area (Å²) in [6.07, 6.45) is 1.18. The van der Waals surface area contributed by atoms with Crippen LogP contribution in [0.4, 0.5) is 9.18 Å². The third-order valence-electron chi connectivity index (χ3n) is 2.58. The maximum absolute atomic E-state index is 11.9. The number of carbonyl (C=O) groups is 1. The van der Waals surface area contributed by atoms with Crippen LogP contribution in [0.15, 0.2) is 0 Å². The fraction of sp³-hybridized carbons (Fsp3) is 0.917. The quantitative estimate of drug-likeness (QED) is 0.771. The molecule has 1 aliphatic rings. The van der Waals surface area contributed by atoms with E-state index in [-0.39, 0.29) is 18.8 Å². The average Bonchev–Trinajstić information content (AvgIpc) is 2.64. The van der Waals surface area contributed by atoms with Gasteiger partial charge in [-0.3, -0.25) is 4.39 Å². The summed E-state index contributed by atoms with van der Waals surface area (Å²) in [6, 6.07) is 0.272. The lowest BCUT2D eigenvalue weighted by Crippen LogP contribution is -2.38. The lowest BCUT2D eigenvalue weighted by Gasteiger charge is -2.24. The van der Waals surface area contributed by atoms with Gasteiger partial charge in [0.25, 0.3) is 0 Å². The van der Waals surface area contributed by atoms with Gasteiger partial charge in [0, 0.05) is 19.1 Å². The number of hydrogen-bond donors (Lipinski definition) is 1. The molecule has 100 valence electrons. The van der Waals surface area contributed by atoms with Crippen LogP contribution in [-0.2, 0) is 4.74 Å². The molecule has 1 rings (SSSR count). The number of carbonyl (C=O) groups excluding carboxylic acids is 1. The zero-order chi connectivity index (χ0) is 12.9. The first-order valence-electron chi connectivity index (χ1n) is 6.19. The van der Waals surface area contributed by atoms with Gasteiger partial charge in [-0.2, -0.15) is 0 Å². The minimum Gasteiger partial charge on any atom is -0.444 e. The van der Waals surface area contributed by atoms with Gasteiger partial charge in [0.2, 0.25) is 0 Å². The standard InChI is InChI=1S/C12H23FN2O2/c1-12(2,3)17-11(16)15-8-5-10(9-15)14-7-4-6-13/h10,14H,4-9H2,1-3H3. The Morgan fingerprint density at radius 2 is 2.24 bits per heavy atom. The van der Waals surface area contributed by atoms with E-state index in [0.717, 1.165) is 6.42 Å². The second-order valence-corrected chi connectivity index (χ2v) is 5.41. The largest absolute Gasteiger partial charge is 0.444 e. The monoisotopic (exact) mass is 246 g/mol. The van der Waals surface area contributed by atoms with Gasteiger partial charge in [-0.1, -0.05) is 0 Å². The molecule has 4 nitrogen and oxygen atoms in total. The van der Waals surface area contributed by atoms with Gasteiger partial charge in [-0.15, -0.1) is 0 Å². The first-order valence-corrected chi connectivity index (χ1v) is 6.19. The van der Waals surface area contributed by atoms with Crippen LogP contribution in [-0.4, -0.2) is 48.9 Å². The second-order valence-electron chi connectivity index (χ2n) is 5.41. The molecule has 0 aromatic rings. The number of halogens is 1. The van der Waals surface area contributed by atoms with E-state index in [1.165, 1.54) is 0 Å². The number of rotatable bonds is 4. The van der Waals surface area contributed by atoms with Gasteiger partial charge in [-0.05, 0) is 40.2 Å². The van der Waals surface area contributed by atoms with Crippen molar-refractivity contribution in [3.05, 3.63) is 0 Å². The highest BCUT2D eigenvalue weighted by molar-refractivity contribution is 5.68. The molecular formula is C12H23FN2O2. The van der Waals surface area contributed by atoms with Gasteiger partial charge >= 0.3 is 6.09 Å². The predicted molar refractivity (Wildman–Crippen MR) is 64.8 cm³/mol. The summed E-state index contributed by atoms with van der Waals surface area (Å²) in [5, 5.41) is 3.24. The summed E-state index contributed by atoms with van der Waals surface area (Å²) in [6.45, 7) is 7.32. The number of ether oxygens (including phenoxy) is 1. The van der Waals surface area contributed by atoms with Crippen molar-refractivity contribution in [2.24, 2.45) is 0 Å². The van der Waals surface area contributed by atoms with Crippen molar-refractivity contribution in [1.82, 2.24) is 10.2 Å². The zero-order valence-electron chi connectivity index (χ0n) is 11.0. The van der Waals surface area contributed by atoms with Crippen LogP contribution in [0.1, 0.15) is 33.6 Å². The molecule has 1 atom stereocenters. The van der Waals surface area contributed by atoms with Crippen molar-refractivity contribution in [3.63, 3.8) is 0 Å². The molecule has 17 heavy (non-hydrogen) atoms. The van der Waals surface area contributed by atoms with Crippen molar-refractivity contribution in [2.45, 2.75) is 45.3 Å². The topological polar surface area (TPSA) is 41.6 Å². The summed E-state index contributed by atoms with van der Waals surface area (Å²) in [5.41, 5.74) is -0.448. The molecule has 1 N–H and O–H groups in total. The molecule has 1 heterocycles. The third-order valence-corrected chi connectivity index (χ3v) is 2.58. The summed E-state index contributed by atoms with van der Waals surface area (Å²) >= 11 is 0. The number of nitrogens with one attached hydrogen (secondary N) is 1. The number of nitrogens with zero attached hydrogens (tertiary/aromatic N) is 1. The third kappa shape index (κ3) is 5.35. The van der Waals surface area contributed by atoms with Crippen LogP contribution in [0.5, 0.6) is 0 Å². The zero-order valence-corrected chi connectivity index (χ0v) is 11.0. The van der Waals surface area contributed by atoms with Crippen LogP contribution in [0.2, 0.25) is 0 Å². The number of likely N-dealkylation sites (tertiary alicyclic amines) is 1. The van der Waals surface area contributed by atoms with E-state index in [1.54, 1.807) is 4.90 Å². The highest BCUT2D eigenvalue weighted by atomic mass is 19.1. The van der Waals surface area contributed by atoms with Crippen LogP contribution in [0.3, 0.4) is 0 Å².